The molecule has 1 fully saturated rings. The number of aryl methyl sites for hydroxylation is 2. The Morgan fingerprint density at radius 2 is 2.22 bits per heavy atom. The number of H-pyrrole nitrogens is 1. The monoisotopic (exact) mass is 343 g/mol. The van der Waals surface area contributed by atoms with Gasteiger partial charge in [-0.1, -0.05) is 0 Å². The number of carbonyl (C=O) groups excluding carboxylic acids is 1. The zero-order valence-electron chi connectivity index (χ0n) is 13.6. The summed E-state index contributed by atoms with van der Waals surface area (Å²) in [6, 6.07) is -0.137. The minimum atomic E-state index is -3.48. The number of nitrogens with two attached hydrogens (primary N) is 1. The number of sulfonamides is 1. The standard InChI is InChI=1S/C14H25N5O3S/c1-10-13(11(2)18-17-10)4-3-6-16-14(20)19-7-5-12(8-19)9-23(15,21)22/h12H,3-9H2,1-2H3,(H,16,20)(H,17,18)(H2,15,21,22)/t12-/m0/s1. The highest BCUT2D eigenvalue weighted by Gasteiger charge is 2.28. The van der Waals surface area contributed by atoms with E-state index in [0.29, 0.717) is 26.1 Å². The number of urea groups is 1. The van der Waals surface area contributed by atoms with Crippen molar-refractivity contribution in [3.8, 4) is 0 Å². The molecule has 1 aromatic rings. The van der Waals surface area contributed by atoms with E-state index in [1.165, 1.54) is 5.56 Å². The van der Waals surface area contributed by atoms with Gasteiger partial charge in [-0.15, -0.1) is 0 Å². The van der Waals surface area contributed by atoms with Crippen LogP contribution in [0, 0.1) is 19.8 Å². The van der Waals surface area contributed by atoms with Gasteiger partial charge in [-0.25, -0.2) is 18.4 Å². The van der Waals surface area contributed by atoms with Crippen LogP contribution in [-0.4, -0.2) is 54.9 Å². The average molecular weight is 343 g/mol. The Kier molecular flexibility index (Phi) is 5.64. The second-order valence-corrected chi connectivity index (χ2v) is 7.84. The number of aromatic amines is 1. The molecule has 0 radical (unpaired) electrons. The van der Waals surface area contributed by atoms with E-state index in [-0.39, 0.29) is 17.7 Å². The van der Waals surface area contributed by atoms with Crippen LogP contribution in [0.4, 0.5) is 4.79 Å². The van der Waals surface area contributed by atoms with Crippen molar-refractivity contribution in [3.63, 3.8) is 0 Å². The number of primary sulfonamides is 1. The number of carbonyl (C=O) groups is 1. The highest BCUT2D eigenvalue weighted by atomic mass is 32.2. The van der Waals surface area contributed by atoms with Gasteiger partial charge < -0.3 is 10.2 Å². The number of hydrogen-bond donors (Lipinski definition) is 3. The largest absolute Gasteiger partial charge is 0.338 e. The summed E-state index contributed by atoms with van der Waals surface area (Å²) in [5.74, 6) is -0.123. The molecule has 2 rings (SSSR count). The molecular formula is C14H25N5O3S. The first-order valence-corrected chi connectivity index (χ1v) is 9.51. The third-order valence-electron chi connectivity index (χ3n) is 4.20. The average Bonchev–Trinajstić information content (AvgIpc) is 3.02. The van der Waals surface area contributed by atoms with Crippen molar-refractivity contribution in [2.24, 2.45) is 11.1 Å². The van der Waals surface area contributed by atoms with E-state index in [2.05, 4.69) is 15.5 Å². The lowest BCUT2D eigenvalue weighted by Crippen LogP contribution is -2.39. The molecule has 0 unspecified atom stereocenters. The summed E-state index contributed by atoms with van der Waals surface area (Å²) >= 11 is 0. The van der Waals surface area contributed by atoms with Gasteiger partial charge in [0.05, 0.1) is 11.4 Å². The van der Waals surface area contributed by atoms with Crippen LogP contribution in [0.3, 0.4) is 0 Å². The predicted octanol–water partition coefficient (Wildman–Crippen LogP) is 0.279. The molecule has 130 valence electrons. The minimum absolute atomic E-state index is 0.0597. The van der Waals surface area contributed by atoms with E-state index in [4.69, 9.17) is 5.14 Å². The molecule has 0 aromatic carbocycles. The molecule has 1 aliphatic heterocycles. The number of likely N-dealkylation sites (tertiary alicyclic amines) is 1. The molecule has 1 aromatic heterocycles. The van der Waals surface area contributed by atoms with E-state index in [1.807, 2.05) is 13.8 Å². The van der Waals surface area contributed by atoms with Crippen molar-refractivity contribution in [3.05, 3.63) is 17.0 Å². The summed E-state index contributed by atoms with van der Waals surface area (Å²) < 4.78 is 22.2. The van der Waals surface area contributed by atoms with E-state index in [0.717, 1.165) is 24.2 Å². The Labute approximate surface area is 136 Å². The summed E-state index contributed by atoms with van der Waals surface area (Å²) in [5, 5.41) is 15.0. The normalized spacial score (nSPS) is 18.4. The van der Waals surface area contributed by atoms with Crippen LogP contribution in [0.1, 0.15) is 29.8 Å². The van der Waals surface area contributed by atoms with Gasteiger partial charge in [0, 0.05) is 25.3 Å². The second-order valence-electron chi connectivity index (χ2n) is 6.18. The van der Waals surface area contributed by atoms with Crippen LogP contribution in [0.25, 0.3) is 0 Å². The fourth-order valence-corrected chi connectivity index (χ4v) is 3.93. The summed E-state index contributed by atoms with van der Waals surface area (Å²) in [7, 11) is -3.48. The molecule has 1 aliphatic rings. The maximum Gasteiger partial charge on any atom is 0.317 e. The first-order valence-electron chi connectivity index (χ1n) is 7.80. The van der Waals surface area contributed by atoms with Crippen LogP contribution in [0.15, 0.2) is 0 Å². The van der Waals surface area contributed by atoms with Crippen molar-refractivity contribution < 1.29 is 13.2 Å². The fraction of sp³-hybridized carbons (Fsp3) is 0.714. The molecule has 2 amide bonds. The number of nitrogens with zero attached hydrogens (tertiary/aromatic N) is 2. The fourth-order valence-electron chi connectivity index (χ4n) is 3.00. The van der Waals surface area contributed by atoms with E-state index in [9.17, 15) is 13.2 Å². The van der Waals surface area contributed by atoms with Gasteiger partial charge in [0.2, 0.25) is 10.0 Å². The zero-order chi connectivity index (χ0) is 17.0. The van der Waals surface area contributed by atoms with Gasteiger partial charge in [-0.2, -0.15) is 5.10 Å². The van der Waals surface area contributed by atoms with E-state index >= 15 is 0 Å². The molecule has 0 saturated carbocycles. The lowest BCUT2D eigenvalue weighted by Gasteiger charge is -2.17. The molecule has 23 heavy (non-hydrogen) atoms. The van der Waals surface area contributed by atoms with Gasteiger partial charge in [0.1, 0.15) is 0 Å². The number of amides is 2. The topological polar surface area (TPSA) is 121 Å². The van der Waals surface area contributed by atoms with Crippen molar-refractivity contribution in [2.45, 2.75) is 33.1 Å². The van der Waals surface area contributed by atoms with Crippen molar-refractivity contribution in [1.29, 1.82) is 0 Å². The number of hydrogen-bond acceptors (Lipinski definition) is 4. The number of aromatic nitrogens is 2. The molecule has 0 bridgehead atoms. The molecule has 9 heteroatoms. The van der Waals surface area contributed by atoms with Crippen LogP contribution in [-0.2, 0) is 16.4 Å². The lowest BCUT2D eigenvalue weighted by molar-refractivity contribution is 0.207. The maximum absolute atomic E-state index is 12.1. The van der Waals surface area contributed by atoms with Crippen LogP contribution < -0.4 is 10.5 Å². The van der Waals surface area contributed by atoms with Gasteiger partial charge in [0.25, 0.3) is 0 Å². The highest BCUT2D eigenvalue weighted by Crippen LogP contribution is 2.17. The Morgan fingerprint density at radius 1 is 1.48 bits per heavy atom. The molecule has 4 N–H and O–H groups in total. The first kappa shape index (κ1) is 17.7. The quantitative estimate of drug-likeness (QED) is 0.642. The van der Waals surface area contributed by atoms with Crippen molar-refractivity contribution in [2.75, 3.05) is 25.4 Å². The molecule has 1 atom stereocenters. The van der Waals surface area contributed by atoms with Gasteiger partial charge in [-0.05, 0) is 44.6 Å². The Hall–Kier alpha value is -1.61. The first-order chi connectivity index (χ1) is 10.8. The van der Waals surface area contributed by atoms with Crippen molar-refractivity contribution in [1.82, 2.24) is 20.4 Å². The summed E-state index contributed by atoms with van der Waals surface area (Å²) in [6.07, 6.45) is 2.38. The molecular weight excluding hydrogens is 318 g/mol. The number of nitrogens with one attached hydrogen (secondary N) is 2. The molecule has 2 heterocycles. The highest BCUT2D eigenvalue weighted by molar-refractivity contribution is 7.89. The summed E-state index contributed by atoms with van der Waals surface area (Å²) in [4.78, 5) is 13.7. The maximum atomic E-state index is 12.1. The Morgan fingerprint density at radius 3 is 2.83 bits per heavy atom. The van der Waals surface area contributed by atoms with Gasteiger partial charge in [-0.3, -0.25) is 5.10 Å². The zero-order valence-corrected chi connectivity index (χ0v) is 14.4. The SMILES string of the molecule is Cc1n[nH]c(C)c1CCCNC(=O)N1CC[C@H](CS(N)(=O)=O)C1. The van der Waals surface area contributed by atoms with Crippen LogP contribution in [0.2, 0.25) is 0 Å². The number of rotatable bonds is 6. The predicted molar refractivity (Wildman–Crippen MR) is 87.4 cm³/mol. The van der Waals surface area contributed by atoms with Crippen LogP contribution >= 0.6 is 0 Å². The van der Waals surface area contributed by atoms with Gasteiger partial charge in [0.15, 0.2) is 0 Å². The molecule has 8 nitrogen and oxygen atoms in total. The van der Waals surface area contributed by atoms with E-state index < -0.39 is 10.0 Å². The lowest BCUT2D eigenvalue weighted by atomic mass is 10.1. The summed E-state index contributed by atoms with van der Waals surface area (Å²) in [5.41, 5.74) is 3.27. The summed E-state index contributed by atoms with van der Waals surface area (Å²) in [6.45, 7) is 5.56. The third-order valence-corrected chi connectivity index (χ3v) is 5.14. The van der Waals surface area contributed by atoms with E-state index in [1.54, 1.807) is 4.90 Å². The molecule has 0 spiro atoms. The molecule has 0 aliphatic carbocycles. The smallest absolute Gasteiger partial charge is 0.317 e. The van der Waals surface area contributed by atoms with Crippen molar-refractivity contribution >= 4 is 16.1 Å². The Balaban J connectivity index is 1.70. The minimum Gasteiger partial charge on any atom is -0.338 e. The van der Waals surface area contributed by atoms with Crippen LogP contribution in [0.5, 0.6) is 0 Å². The molecule has 1 saturated heterocycles. The second kappa shape index (κ2) is 7.31. The van der Waals surface area contributed by atoms with Gasteiger partial charge >= 0.3 is 6.03 Å². The third kappa shape index (κ3) is 5.21. The Bertz CT molecular complexity index is 636.